The molecule has 2 aromatic carbocycles. The summed E-state index contributed by atoms with van der Waals surface area (Å²) >= 11 is 3.32. The number of aromatic hydroxyl groups is 2. The molecule has 0 bridgehead atoms. The molecule has 0 unspecified atom stereocenters. The lowest BCUT2D eigenvalue weighted by Gasteiger charge is -2.13. The van der Waals surface area contributed by atoms with Crippen LogP contribution in [-0.2, 0) is 9.59 Å². The van der Waals surface area contributed by atoms with Crippen LogP contribution in [0, 0.1) is 0 Å². The van der Waals surface area contributed by atoms with Crippen LogP contribution in [0.25, 0.3) is 6.08 Å². The Hall–Kier alpha value is -2.60. The molecule has 0 aromatic heterocycles. The van der Waals surface area contributed by atoms with E-state index < -0.39 is 0 Å². The Morgan fingerprint density at radius 1 is 1.04 bits per heavy atom. The van der Waals surface area contributed by atoms with Gasteiger partial charge in [0.2, 0.25) is 5.91 Å². The summed E-state index contributed by atoms with van der Waals surface area (Å²) < 4.78 is 0.775. The summed E-state index contributed by atoms with van der Waals surface area (Å²) in [6, 6.07) is 11.2. The van der Waals surface area contributed by atoms with Gasteiger partial charge >= 0.3 is 0 Å². The van der Waals surface area contributed by atoms with Gasteiger partial charge in [-0.1, -0.05) is 28.1 Å². The number of hydrogen-bond donors (Lipinski definition) is 2. The number of rotatable bonds is 2. The fourth-order valence-electron chi connectivity index (χ4n) is 2.40. The highest BCUT2D eigenvalue weighted by Gasteiger charge is 2.34. The molecule has 5 nitrogen and oxygen atoms in total. The van der Waals surface area contributed by atoms with Crippen LogP contribution in [0.1, 0.15) is 12.0 Å². The van der Waals surface area contributed by atoms with Gasteiger partial charge in [-0.25, -0.2) is 4.90 Å². The highest BCUT2D eigenvalue weighted by molar-refractivity contribution is 9.10. The maximum atomic E-state index is 12.5. The number of imide groups is 1. The zero-order chi connectivity index (χ0) is 16.6. The van der Waals surface area contributed by atoms with Gasteiger partial charge in [0.15, 0.2) is 11.5 Å². The highest BCUT2D eigenvalue weighted by atomic mass is 79.9. The van der Waals surface area contributed by atoms with Gasteiger partial charge in [0, 0.05) is 10.0 Å². The fraction of sp³-hybridized carbons (Fsp3) is 0.0588. The Morgan fingerprint density at radius 2 is 1.83 bits per heavy atom. The number of hydrogen-bond acceptors (Lipinski definition) is 4. The molecular formula is C17H12BrNO4. The number of carbonyl (C=O) groups is 2. The van der Waals surface area contributed by atoms with Crippen molar-refractivity contribution < 1.29 is 19.8 Å². The van der Waals surface area contributed by atoms with Crippen LogP contribution in [-0.4, -0.2) is 22.0 Å². The monoisotopic (exact) mass is 373 g/mol. The Morgan fingerprint density at radius 3 is 2.52 bits per heavy atom. The van der Waals surface area contributed by atoms with E-state index in [0.717, 1.165) is 9.37 Å². The average molecular weight is 374 g/mol. The largest absolute Gasteiger partial charge is 0.504 e. The summed E-state index contributed by atoms with van der Waals surface area (Å²) in [7, 11) is 0. The molecule has 0 radical (unpaired) electrons. The van der Waals surface area contributed by atoms with Gasteiger partial charge in [-0.3, -0.25) is 9.59 Å². The average Bonchev–Trinajstić information content (AvgIpc) is 2.77. The molecule has 0 saturated carbocycles. The second kappa shape index (κ2) is 5.89. The summed E-state index contributed by atoms with van der Waals surface area (Å²) in [6.07, 6.45) is 1.53. The molecule has 2 N–H and O–H groups in total. The molecule has 1 heterocycles. The molecule has 2 aromatic rings. The molecular weight excluding hydrogens is 362 g/mol. The third kappa shape index (κ3) is 2.98. The van der Waals surface area contributed by atoms with Crippen molar-refractivity contribution >= 4 is 39.5 Å². The quantitative estimate of drug-likeness (QED) is 0.481. The molecule has 1 saturated heterocycles. The van der Waals surface area contributed by atoms with Crippen molar-refractivity contribution in [3.05, 3.63) is 58.1 Å². The highest BCUT2D eigenvalue weighted by Crippen LogP contribution is 2.31. The summed E-state index contributed by atoms with van der Waals surface area (Å²) in [5, 5.41) is 18.8. The van der Waals surface area contributed by atoms with Crippen molar-refractivity contribution in [2.24, 2.45) is 0 Å². The second-order valence-electron chi connectivity index (χ2n) is 5.11. The van der Waals surface area contributed by atoms with E-state index >= 15 is 0 Å². The molecule has 1 fully saturated rings. The predicted octanol–water partition coefficient (Wildman–Crippen LogP) is 3.21. The number of anilines is 1. The fourth-order valence-corrected chi connectivity index (χ4v) is 2.78. The van der Waals surface area contributed by atoms with Gasteiger partial charge in [0.25, 0.3) is 5.91 Å². The molecule has 1 aliphatic heterocycles. The predicted molar refractivity (Wildman–Crippen MR) is 89.0 cm³/mol. The van der Waals surface area contributed by atoms with Crippen LogP contribution >= 0.6 is 15.9 Å². The summed E-state index contributed by atoms with van der Waals surface area (Å²) in [5.74, 6) is -1.21. The van der Waals surface area contributed by atoms with Gasteiger partial charge < -0.3 is 10.2 Å². The van der Waals surface area contributed by atoms with Crippen LogP contribution < -0.4 is 4.90 Å². The zero-order valence-electron chi connectivity index (χ0n) is 11.9. The van der Waals surface area contributed by atoms with Gasteiger partial charge in [-0.05, 0) is 42.0 Å². The number of halogens is 1. The van der Waals surface area contributed by atoms with E-state index in [1.807, 2.05) is 6.07 Å². The molecule has 6 heteroatoms. The smallest absolute Gasteiger partial charge is 0.261 e. The lowest BCUT2D eigenvalue weighted by atomic mass is 10.1. The van der Waals surface area contributed by atoms with Crippen LogP contribution in [0.3, 0.4) is 0 Å². The Kier molecular flexibility index (Phi) is 3.92. The minimum Gasteiger partial charge on any atom is -0.504 e. The minimum absolute atomic E-state index is 0.00696. The van der Waals surface area contributed by atoms with E-state index in [2.05, 4.69) is 15.9 Å². The first-order valence-electron chi connectivity index (χ1n) is 6.81. The first-order valence-corrected chi connectivity index (χ1v) is 7.60. The molecule has 0 atom stereocenters. The van der Waals surface area contributed by atoms with Crippen LogP contribution in [0.15, 0.2) is 52.5 Å². The number of carbonyl (C=O) groups excluding carboxylic acids is 2. The zero-order valence-corrected chi connectivity index (χ0v) is 13.4. The molecule has 116 valence electrons. The van der Waals surface area contributed by atoms with Crippen LogP contribution in [0.4, 0.5) is 5.69 Å². The number of phenols is 2. The van der Waals surface area contributed by atoms with E-state index in [9.17, 15) is 19.8 Å². The van der Waals surface area contributed by atoms with E-state index in [4.69, 9.17) is 0 Å². The molecule has 1 aliphatic rings. The number of nitrogens with zero attached hydrogens (tertiary/aromatic N) is 1. The maximum absolute atomic E-state index is 12.5. The lowest BCUT2D eigenvalue weighted by molar-refractivity contribution is -0.120. The lowest BCUT2D eigenvalue weighted by Crippen LogP contribution is -2.28. The first kappa shape index (κ1) is 15.3. The van der Waals surface area contributed by atoms with Crippen LogP contribution in [0.5, 0.6) is 11.5 Å². The van der Waals surface area contributed by atoms with Crippen molar-refractivity contribution in [3.63, 3.8) is 0 Å². The van der Waals surface area contributed by atoms with Gasteiger partial charge in [-0.2, -0.15) is 0 Å². The van der Waals surface area contributed by atoms with Crippen LogP contribution in [0.2, 0.25) is 0 Å². The van der Waals surface area contributed by atoms with Crippen molar-refractivity contribution in [3.8, 4) is 11.5 Å². The third-order valence-electron chi connectivity index (χ3n) is 3.48. The molecule has 2 amide bonds. The van der Waals surface area contributed by atoms with E-state index in [0.29, 0.717) is 16.8 Å². The number of phenolic OH excluding ortho intramolecular Hbond substituents is 2. The Labute approximate surface area is 140 Å². The van der Waals surface area contributed by atoms with Gasteiger partial charge in [-0.15, -0.1) is 0 Å². The first-order chi connectivity index (χ1) is 11.0. The number of amides is 2. The minimum atomic E-state index is -0.388. The standard InChI is InChI=1S/C17H12BrNO4/c18-12-2-1-3-13(9-12)19-16(22)8-11(17(19)23)6-10-4-5-14(20)15(21)7-10/h1-7,9,20-21H,8H2. The second-order valence-corrected chi connectivity index (χ2v) is 6.02. The van der Waals surface area contributed by atoms with Crippen molar-refractivity contribution in [1.29, 1.82) is 0 Å². The molecule has 23 heavy (non-hydrogen) atoms. The maximum Gasteiger partial charge on any atom is 0.261 e. The van der Waals surface area contributed by atoms with Gasteiger partial charge in [0.05, 0.1) is 12.1 Å². The van der Waals surface area contributed by atoms with Crippen molar-refractivity contribution in [2.45, 2.75) is 6.42 Å². The van der Waals surface area contributed by atoms with Crippen molar-refractivity contribution in [1.82, 2.24) is 0 Å². The normalized spacial score (nSPS) is 16.4. The van der Waals surface area contributed by atoms with Gasteiger partial charge in [0.1, 0.15) is 0 Å². The summed E-state index contributed by atoms with van der Waals surface area (Å²) in [4.78, 5) is 25.8. The number of benzene rings is 2. The molecule has 3 rings (SSSR count). The third-order valence-corrected chi connectivity index (χ3v) is 3.97. The van der Waals surface area contributed by atoms with E-state index in [-0.39, 0.29) is 29.7 Å². The topological polar surface area (TPSA) is 77.8 Å². The molecule has 0 aliphatic carbocycles. The SMILES string of the molecule is O=C1CC(=Cc2ccc(O)c(O)c2)C(=O)N1c1cccc(Br)c1. The summed E-state index contributed by atoms with van der Waals surface area (Å²) in [6.45, 7) is 0. The molecule has 0 spiro atoms. The Balaban J connectivity index is 1.94. The van der Waals surface area contributed by atoms with Crippen molar-refractivity contribution in [2.75, 3.05) is 4.90 Å². The van der Waals surface area contributed by atoms with E-state index in [1.54, 1.807) is 24.3 Å². The summed E-state index contributed by atoms with van der Waals surface area (Å²) in [5.41, 5.74) is 1.37. The van der Waals surface area contributed by atoms with E-state index in [1.165, 1.54) is 18.2 Å². The Bertz CT molecular complexity index is 844.